The number of anilines is 1. The van der Waals surface area contributed by atoms with Gasteiger partial charge in [-0.25, -0.2) is 4.79 Å². The summed E-state index contributed by atoms with van der Waals surface area (Å²) in [7, 11) is 1.56. The van der Waals surface area contributed by atoms with Crippen molar-refractivity contribution in [1.82, 2.24) is 0 Å². The lowest BCUT2D eigenvalue weighted by Gasteiger charge is -2.21. The maximum absolute atomic E-state index is 11.7. The maximum Gasteiger partial charge on any atom is 0.328 e. The van der Waals surface area contributed by atoms with Gasteiger partial charge in [0.05, 0.1) is 0 Å². The molecule has 1 aromatic carbocycles. The minimum Gasteiger partial charge on any atom is -0.486 e. The van der Waals surface area contributed by atoms with E-state index in [0.717, 1.165) is 12.2 Å². The Balaban J connectivity index is 2.17. The summed E-state index contributed by atoms with van der Waals surface area (Å²) >= 11 is 0. The van der Waals surface area contributed by atoms with Gasteiger partial charge in [-0.3, -0.25) is 4.79 Å². The van der Waals surface area contributed by atoms with Gasteiger partial charge >= 0.3 is 5.97 Å². The lowest BCUT2D eigenvalue weighted by molar-refractivity contribution is -0.131. The van der Waals surface area contributed by atoms with Gasteiger partial charge in [0.2, 0.25) is 0 Å². The molecule has 0 fully saturated rings. The van der Waals surface area contributed by atoms with Gasteiger partial charge in [-0.15, -0.1) is 0 Å². The van der Waals surface area contributed by atoms with Gasteiger partial charge in [0.1, 0.15) is 13.2 Å². The van der Waals surface area contributed by atoms with Crippen LogP contribution in [0.4, 0.5) is 5.69 Å². The van der Waals surface area contributed by atoms with Gasteiger partial charge in [0.15, 0.2) is 11.5 Å². The molecule has 1 aromatic rings. The molecule has 0 aromatic heterocycles. The van der Waals surface area contributed by atoms with Crippen molar-refractivity contribution in [3.8, 4) is 11.5 Å². The summed E-state index contributed by atoms with van der Waals surface area (Å²) in [5, 5.41) is 8.48. The van der Waals surface area contributed by atoms with Crippen LogP contribution in [0.15, 0.2) is 30.4 Å². The van der Waals surface area contributed by atoms with Crippen molar-refractivity contribution in [1.29, 1.82) is 0 Å². The summed E-state index contributed by atoms with van der Waals surface area (Å²) in [4.78, 5) is 23.4. The number of ether oxygens (including phenoxy) is 2. The third-order valence-corrected chi connectivity index (χ3v) is 2.61. The van der Waals surface area contributed by atoms with E-state index in [-0.39, 0.29) is 0 Å². The molecular formula is C13H13NO5. The van der Waals surface area contributed by atoms with E-state index in [9.17, 15) is 9.59 Å². The molecule has 0 atom stereocenters. The molecular weight excluding hydrogens is 250 g/mol. The minimum atomic E-state index is -1.16. The van der Waals surface area contributed by atoms with Crippen molar-refractivity contribution in [2.45, 2.75) is 0 Å². The first kappa shape index (κ1) is 12.9. The summed E-state index contributed by atoms with van der Waals surface area (Å²) in [6, 6.07) is 5.11. The molecule has 1 heterocycles. The molecule has 0 saturated heterocycles. The second-order valence-corrected chi connectivity index (χ2v) is 3.90. The molecule has 0 spiro atoms. The van der Waals surface area contributed by atoms with E-state index in [1.807, 2.05) is 0 Å². The molecule has 2 rings (SSSR count). The Morgan fingerprint density at radius 2 is 1.89 bits per heavy atom. The third kappa shape index (κ3) is 3.04. The molecule has 0 aliphatic carbocycles. The smallest absolute Gasteiger partial charge is 0.328 e. The van der Waals surface area contributed by atoms with Crippen LogP contribution in [-0.2, 0) is 9.59 Å². The van der Waals surface area contributed by atoms with Gasteiger partial charge in [0.25, 0.3) is 5.91 Å². The number of aliphatic carboxylic acids is 1. The SMILES string of the molecule is CN(C(=O)/C=C/C(=O)O)c1ccc2c(c1)OCCO2. The quantitative estimate of drug-likeness (QED) is 0.825. The van der Waals surface area contributed by atoms with Crippen LogP contribution in [-0.4, -0.2) is 37.2 Å². The second kappa shape index (κ2) is 5.43. The standard InChI is InChI=1S/C13H13NO5/c1-14(12(15)4-5-13(16)17)9-2-3-10-11(8-9)19-7-6-18-10/h2-5,8H,6-7H2,1H3,(H,16,17)/b5-4+. The highest BCUT2D eigenvalue weighted by Crippen LogP contribution is 2.33. The van der Waals surface area contributed by atoms with Crippen molar-refractivity contribution >= 4 is 17.6 Å². The second-order valence-electron chi connectivity index (χ2n) is 3.90. The number of fused-ring (bicyclic) bond motifs is 1. The Labute approximate surface area is 109 Å². The largest absolute Gasteiger partial charge is 0.486 e. The molecule has 19 heavy (non-hydrogen) atoms. The highest BCUT2D eigenvalue weighted by molar-refractivity contribution is 6.03. The first-order valence-corrected chi connectivity index (χ1v) is 5.66. The van der Waals surface area contributed by atoms with Gasteiger partial charge in [-0.1, -0.05) is 0 Å². The Hall–Kier alpha value is -2.50. The van der Waals surface area contributed by atoms with Crippen molar-refractivity contribution in [3.05, 3.63) is 30.4 Å². The molecule has 100 valence electrons. The first-order chi connectivity index (χ1) is 9.08. The number of hydrogen-bond donors (Lipinski definition) is 1. The highest BCUT2D eigenvalue weighted by atomic mass is 16.6. The van der Waals surface area contributed by atoms with Crippen molar-refractivity contribution in [3.63, 3.8) is 0 Å². The molecule has 0 saturated carbocycles. The number of hydrogen-bond acceptors (Lipinski definition) is 4. The molecule has 1 amide bonds. The van der Waals surface area contributed by atoms with Gasteiger partial charge in [-0.05, 0) is 12.1 Å². The van der Waals surface area contributed by atoms with Crippen LogP contribution in [0.2, 0.25) is 0 Å². The number of likely N-dealkylation sites (N-methyl/N-ethyl adjacent to an activating group) is 1. The zero-order valence-electron chi connectivity index (χ0n) is 10.3. The van der Waals surface area contributed by atoms with Crippen molar-refractivity contribution < 1.29 is 24.2 Å². The Morgan fingerprint density at radius 1 is 1.21 bits per heavy atom. The lowest BCUT2D eigenvalue weighted by atomic mass is 10.2. The fraction of sp³-hybridized carbons (Fsp3) is 0.231. The van der Waals surface area contributed by atoms with Crippen LogP contribution < -0.4 is 14.4 Å². The van der Waals surface area contributed by atoms with Crippen LogP contribution in [0.3, 0.4) is 0 Å². The Bertz CT molecular complexity index is 538. The molecule has 1 N–H and O–H groups in total. The number of carboxylic acids is 1. The Morgan fingerprint density at radius 3 is 2.58 bits per heavy atom. The van der Waals surface area contributed by atoms with E-state index >= 15 is 0 Å². The van der Waals surface area contributed by atoms with E-state index in [0.29, 0.717) is 30.4 Å². The van der Waals surface area contributed by atoms with E-state index in [4.69, 9.17) is 14.6 Å². The monoisotopic (exact) mass is 263 g/mol. The molecule has 0 bridgehead atoms. The molecule has 1 aliphatic rings. The van der Waals surface area contributed by atoms with Crippen molar-refractivity contribution in [2.24, 2.45) is 0 Å². The maximum atomic E-state index is 11.7. The number of amides is 1. The number of carboxylic acid groups (broad SMARTS) is 1. The van der Waals surface area contributed by atoms with Crippen LogP contribution in [0.5, 0.6) is 11.5 Å². The fourth-order valence-corrected chi connectivity index (χ4v) is 1.62. The highest BCUT2D eigenvalue weighted by Gasteiger charge is 2.15. The number of benzene rings is 1. The predicted molar refractivity (Wildman–Crippen MR) is 67.6 cm³/mol. The number of rotatable bonds is 3. The van der Waals surface area contributed by atoms with E-state index in [1.54, 1.807) is 25.2 Å². The number of carbonyl (C=O) groups excluding carboxylic acids is 1. The van der Waals surface area contributed by atoms with Gasteiger partial charge in [-0.2, -0.15) is 0 Å². The topological polar surface area (TPSA) is 76.1 Å². The van der Waals surface area contributed by atoms with Gasteiger partial charge in [0, 0.05) is 31.0 Å². The summed E-state index contributed by atoms with van der Waals surface area (Å²) in [6.45, 7) is 0.968. The van der Waals surface area contributed by atoms with Crippen molar-refractivity contribution in [2.75, 3.05) is 25.2 Å². The van der Waals surface area contributed by atoms with E-state index < -0.39 is 11.9 Å². The molecule has 0 radical (unpaired) electrons. The van der Waals surface area contributed by atoms with Gasteiger partial charge < -0.3 is 19.5 Å². The normalized spacial score (nSPS) is 13.3. The average Bonchev–Trinajstić information content (AvgIpc) is 2.43. The predicted octanol–water partition coefficient (Wildman–Crippen LogP) is 1.06. The van der Waals surface area contributed by atoms with Crippen LogP contribution in [0.25, 0.3) is 0 Å². The molecule has 6 nitrogen and oxygen atoms in total. The van der Waals surface area contributed by atoms with E-state index in [2.05, 4.69) is 0 Å². The average molecular weight is 263 g/mol. The molecule has 6 heteroatoms. The third-order valence-electron chi connectivity index (χ3n) is 2.61. The molecule has 1 aliphatic heterocycles. The summed E-state index contributed by atoms with van der Waals surface area (Å²) in [5.74, 6) is -0.384. The Kier molecular flexibility index (Phi) is 3.70. The summed E-state index contributed by atoms with van der Waals surface area (Å²) < 4.78 is 10.8. The van der Waals surface area contributed by atoms with Crippen LogP contribution >= 0.6 is 0 Å². The minimum absolute atomic E-state index is 0.431. The summed E-state index contributed by atoms with van der Waals surface area (Å²) in [5.41, 5.74) is 0.601. The lowest BCUT2D eigenvalue weighted by Crippen LogP contribution is -2.24. The zero-order chi connectivity index (χ0) is 13.8. The van der Waals surface area contributed by atoms with Crippen LogP contribution in [0.1, 0.15) is 0 Å². The number of nitrogens with zero attached hydrogens (tertiary/aromatic N) is 1. The molecule has 0 unspecified atom stereocenters. The summed E-state index contributed by atoms with van der Waals surface area (Å²) in [6.07, 6.45) is 1.80. The number of carbonyl (C=O) groups is 2. The van der Waals surface area contributed by atoms with Crippen LogP contribution in [0, 0.1) is 0 Å². The zero-order valence-corrected chi connectivity index (χ0v) is 10.3. The first-order valence-electron chi connectivity index (χ1n) is 5.66. The van der Waals surface area contributed by atoms with E-state index in [1.165, 1.54) is 4.90 Å². The fourth-order valence-electron chi connectivity index (χ4n) is 1.62.